The minimum atomic E-state index is -0.668. The summed E-state index contributed by atoms with van der Waals surface area (Å²) in [5.74, 6) is 0.163. The molecule has 26 heavy (non-hydrogen) atoms. The molecule has 1 aliphatic heterocycles. The molecule has 1 atom stereocenters. The molecule has 0 spiro atoms. The van der Waals surface area contributed by atoms with E-state index in [1.165, 1.54) is 21.3 Å². The first-order chi connectivity index (χ1) is 12.5. The van der Waals surface area contributed by atoms with Crippen molar-refractivity contribution < 1.29 is 28.5 Å². The van der Waals surface area contributed by atoms with Crippen LogP contribution >= 0.6 is 0 Å². The Balaban J connectivity index is 2.20. The highest BCUT2D eigenvalue weighted by Gasteiger charge is 2.41. The van der Waals surface area contributed by atoms with E-state index in [1.54, 1.807) is 18.2 Å². The minimum absolute atomic E-state index is 0.0370. The molecule has 7 nitrogen and oxygen atoms in total. The van der Waals surface area contributed by atoms with E-state index in [2.05, 4.69) is 0 Å². The highest BCUT2D eigenvalue weighted by molar-refractivity contribution is 6.03. The lowest BCUT2D eigenvalue weighted by molar-refractivity contribution is -0.136. The Bertz CT molecular complexity index is 823. The zero-order chi connectivity index (χ0) is 18.8. The van der Waals surface area contributed by atoms with Crippen LogP contribution in [0, 0.1) is 0 Å². The van der Waals surface area contributed by atoms with E-state index in [0.717, 1.165) is 0 Å². The lowest BCUT2D eigenvalue weighted by atomic mass is 9.77. The maximum absolute atomic E-state index is 12.6. The normalized spacial score (nSPS) is 19.7. The lowest BCUT2D eigenvalue weighted by Crippen LogP contribution is -2.31. The van der Waals surface area contributed by atoms with Crippen LogP contribution in [0.4, 0.5) is 0 Å². The molecular formula is C19H21NO6. The van der Waals surface area contributed by atoms with E-state index in [4.69, 9.17) is 24.7 Å². The van der Waals surface area contributed by atoms with Gasteiger partial charge < -0.3 is 24.7 Å². The molecule has 7 heteroatoms. The van der Waals surface area contributed by atoms with Gasteiger partial charge in [0.25, 0.3) is 0 Å². The highest BCUT2D eigenvalue weighted by Crippen LogP contribution is 2.45. The van der Waals surface area contributed by atoms with Gasteiger partial charge in [0.05, 0.1) is 27.2 Å². The van der Waals surface area contributed by atoms with E-state index in [0.29, 0.717) is 47.7 Å². The topological polar surface area (TPSA) is 97.1 Å². The molecule has 1 aromatic carbocycles. The van der Waals surface area contributed by atoms with Crippen molar-refractivity contribution in [2.45, 2.75) is 25.2 Å². The summed E-state index contributed by atoms with van der Waals surface area (Å²) in [6.45, 7) is 0. The molecule has 0 bridgehead atoms. The van der Waals surface area contributed by atoms with Crippen molar-refractivity contribution in [3.63, 3.8) is 0 Å². The zero-order valence-corrected chi connectivity index (χ0v) is 15.0. The molecule has 0 aromatic heterocycles. The van der Waals surface area contributed by atoms with E-state index >= 15 is 0 Å². The van der Waals surface area contributed by atoms with Crippen molar-refractivity contribution in [3.8, 4) is 11.5 Å². The molecule has 2 aliphatic rings. The summed E-state index contributed by atoms with van der Waals surface area (Å²) in [5, 5.41) is 0. The number of carbonyl (C=O) groups excluding carboxylic acids is 2. The highest BCUT2D eigenvalue weighted by atomic mass is 16.5. The van der Waals surface area contributed by atoms with Crippen LogP contribution in [0.15, 0.2) is 41.0 Å². The summed E-state index contributed by atoms with van der Waals surface area (Å²) in [7, 11) is 4.32. The van der Waals surface area contributed by atoms with Crippen LogP contribution in [-0.4, -0.2) is 33.1 Å². The SMILES string of the molecule is COC(=O)C1=C(N)OC2=C(C(=O)CCC2)C1c1ccc(OC)c(OC)c1. The van der Waals surface area contributed by atoms with Gasteiger partial charge in [0.2, 0.25) is 5.88 Å². The monoisotopic (exact) mass is 359 g/mol. The van der Waals surface area contributed by atoms with Crippen LogP contribution in [0.3, 0.4) is 0 Å². The first kappa shape index (κ1) is 17.8. The molecule has 0 fully saturated rings. The summed E-state index contributed by atoms with van der Waals surface area (Å²) in [6, 6.07) is 5.24. The third-order valence-electron chi connectivity index (χ3n) is 4.63. The summed E-state index contributed by atoms with van der Waals surface area (Å²) in [5.41, 5.74) is 7.27. The molecule has 3 rings (SSSR count). The van der Waals surface area contributed by atoms with Crippen molar-refractivity contribution in [3.05, 3.63) is 46.6 Å². The van der Waals surface area contributed by atoms with Gasteiger partial charge in [-0.2, -0.15) is 0 Å². The van der Waals surface area contributed by atoms with Crippen LogP contribution in [0.5, 0.6) is 11.5 Å². The van der Waals surface area contributed by atoms with Gasteiger partial charge in [0, 0.05) is 18.4 Å². The number of carbonyl (C=O) groups is 2. The van der Waals surface area contributed by atoms with Crippen LogP contribution in [0.2, 0.25) is 0 Å². The van der Waals surface area contributed by atoms with Crippen LogP contribution in [0.25, 0.3) is 0 Å². The van der Waals surface area contributed by atoms with Gasteiger partial charge in [0.15, 0.2) is 17.3 Å². The molecule has 0 saturated carbocycles. The Morgan fingerprint density at radius 1 is 1.15 bits per heavy atom. The molecule has 2 N–H and O–H groups in total. The fourth-order valence-corrected chi connectivity index (χ4v) is 3.43. The number of esters is 1. The van der Waals surface area contributed by atoms with Crippen molar-refractivity contribution in [2.75, 3.05) is 21.3 Å². The fraction of sp³-hybridized carbons (Fsp3) is 0.368. The van der Waals surface area contributed by atoms with Crippen molar-refractivity contribution in [1.29, 1.82) is 0 Å². The van der Waals surface area contributed by atoms with Gasteiger partial charge in [-0.25, -0.2) is 4.79 Å². The first-order valence-corrected chi connectivity index (χ1v) is 8.25. The molecule has 1 aliphatic carbocycles. The smallest absolute Gasteiger partial charge is 0.340 e. The second-order valence-electron chi connectivity index (χ2n) is 6.03. The molecular weight excluding hydrogens is 338 g/mol. The Morgan fingerprint density at radius 2 is 1.88 bits per heavy atom. The predicted molar refractivity (Wildman–Crippen MR) is 92.5 cm³/mol. The third kappa shape index (κ3) is 2.89. The largest absolute Gasteiger partial charge is 0.493 e. The van der Waals surface area contributed by atoms with Gasteiger partial charge >= 0.3 is 5.97 Å². The molecule has 0 radical (unpaired) electrons. The second-order valence-corrected chi connectivity index (χ2v) is 6.03. The number of hydrogen-bond donors (Lipinski definition) is 1. The van der Waals surface area contributed by atoms with Gasteiger partial charge in [-0.15, -0.1) is 0 Å². The Hall–Kier alpha value is -2.96. The number of ketones is 1. The van der Waals surface area contributed by atoms with Crippen LogP contribution in [0.1, 0.15) is 30.7 Å². The zero-order valence-electron chi connectivity index (χ0n) is 15.0. The number of benzene rings is 1. The molecule has 1 aromatic rings. The van der Waals surface area contributed by atoms with Gasteiger partial charge in [-0.1, -0.05) is 6.07 Å². The fourth-order valence-electron chi connectivity index (χ4n) is 3.43. The Labute approximate surface area is 151 Å². The number of hydrogen-bond acceptors (Lipinski definition) is 7. The third-order valence-corrected chi connectivity index (χ3v) is 4.63. The summed E-state index contributed by atoms with van der Waals surface area (Å²) < 4.78 is 21.1. The first-order valence-electron chi connectivity index (χ1n) is 8.25. The van der Waals surface area contributed by atoms with Gasteiger partial charge in [-0.05, 0) is 24.1 Å². The molecule has 1 heterocycles. The number of ether oxygens (including phenoxy) is 4. The number of allylic oxidation sites excluding steroid dienone is 2. The summed E-state index contributed by atoms with van der Waals surface area (Å²) in [4.78, 5) is 25.0. The molecule has 138 valence electrons. The lowest BCUT2D eigenvalue weighted by Gasteiger charge is -2.32. The summed E-state index contributed by atoms with van der Waals surface area (Å²) >= 11 is 0. The van der Waals surface area contributed by atoms with Crippen molar-refractivity contribution in [1.82, 2.24) is 0 Å². The molecule has 0 saturated heterocycles. The van der Waals surface area contributed by atoms with Crippen molar-refractivity contribution >= 4 is 11.8 Å². The number of methoxy groups -OCH3 is 3. The van der Waals surface area contributed by atoms with E-state index in [-0.39, 0.29) is 17.2 Å². The van der Waals surface area contributed by atoms with Crippen molar-refractivity contribution in [2.24, 2.45) is 5.73 Å². The predicted octanol–water partition coefficient (Wildman–Crippen LogP) is 2.17. The quantitative estimate of drug-likeness (QED) is 0.823. The van der Waals surface area contributed by atoms with Gasteiger partial charge in [0.1, 0.15) is 11.3 Å². The molecule has 0 amide bonds. The maximum Gasteiger partial charge on any atom is 0.340 e. The average Bonchev–Trinajstić information content (AvgIpc) is 2.66. The number of Topliss-reactive ketones (excluding diaryl/α,β-unsaturated/α-hetero) is 1. The van der Waals surface area contributed by atoms with E-state index in [9.17, 15) is 9.59 Å². The van der Waals surface area contributed by atoms with Crippen LogP contribution in [-0.2, 0) is 19.1 Å². The van der Waals surface area contributed by atoms with Gasteiger partial charge in [-0.3, -0.25) is 4.79 Å². The summed E-state index contributed by atoms with van der Waals surface area (Å²) in [6.07, 6.45) is 1.69. The van der Waals surface area contributed by atoms with E-state index < -0.39 is 11.9 Å². The standard InChI is InChI=1S/C19H21NO6/c1-23-12-8-7-10(9-14(12)24-2)15-16-11(21)5-4-6-13(16)26-18(20)17(15)19(22)25-3/h7-9,15H,4-6,20H2,1-3H3. The Morgan fingerprint density at radius 3 is 2.54 bits per heavy atom. The number of nitrogens with two attached hydrogens (primary N) is 1. The number of rotatable bonds is 4. The minimum Gasteiger partial charge on any atom is -0.493 e. The maximum atomic E-state index is 12.6. The Kier molecular flexibility index (Phi) is 4.88. The molecule has 1 unspecified atom stereocenters. The average molecular weight is 359 g/mol. The van der Waals surface area contributed by atoms with E-state index in [1.807, 2.05) is 0 Å². The second kappa shape index (κ2) is 7.11. The van der Waals surface area contributed by atoms with Crippen LogP contribution < -0.4 is 15.2 Å².